The predicted octanol–water partition coefficient (Wildman–Crippen LogP) is 5.34. The summed E-state index contributed by atoms with van der Waals surface area (Å²) in [7, 11) is 1.69. The van der Waals surface area contributed by atoms with Crippen molar-refractivity contribution in [1.82, 2.24) is 4.98 Å². The van der Waals surface area contributed by atoms with Gasteiger partial charge in [0.25, 0.3) is 0 Å². The second-order valence-electron chi connectivity index (χ2n) is 6.30. The first-order chi connectivity index (χ1) is 12.2. The number of aromatic nitrogens is 1. The Balaban J connectivity index is 2.19. The Morgan fingerprint density at radius 3 is 2.68 bits per heavy atom. The number of halogens is 1. The Labute approximate surface area is 154 Å². The minimum atomic E-state index is 0.705. The van der Waals surface area contributed by atoms with Crippen molar-refractivity contribution >= 4 is 22.5 Å². The summed E-state index contributed by atoms with van der Waals surface area (Å²) < 4.78 is 5.58. The molecule has 3 aromatic rings. The molecule has 2 aromatic carbocycles. The lowest BCUT2D eigenvalue weighted by molar-refractivity contribution is 0.416. The molecule has 4 heteroatoms. The summed E-state index contributed by atoms with van der Waals surface area (Å²) in [5.41, 5.74) is 11.6. The SMILES string of the molecule is CCc1ccc2[nH]c(-c3cc(Cl)ccc3OC)c(CCCCN)c2c1. The van der Waals surface area contributed by atoms with Crippen molar-refractivity contribution in [3.8, 4) is 17.0 Å². The van der Waals surface area contributed by atoms with Crippen LogP contribution in [0.2, 0.25) is 5.02 Å². The van der Waals surface area contributed by atoms with Gasteiger partial charge in [0, 0.05) is 21.5 Å². The Morgan fingerprint density at radius 2 is 1.96 bits per heavy atom. The van der Waals surface area contributed by atoms with Crippen LogP contribution in [0.15, 0.2) is 36.4 Å². The van der Waals surface area contributed by atoms with Crippen LogP contribution < -0.4 is 10.5 Å². The molecule has 0 aliphatic rings. The molecule has 0 saturated heterocycles. The Morgan fingerprint density at radius 1 is 1.12 bits per heavy atom. The molecule has 1 aromatic heterocycles. The fraction of sp³-hybridized carbons (Fsp3) is 0.333. The van der Waals surface area contributed by atoms with Crippen LogP contribution in [0.1, 0.15) is 30.9 Å². The van der Waals surface area contributed by atoms with Gasteiger partial charge < -0.3 is 15.5 Å². The van der Waals surface area contributed by atoms with Crippen LogP contribution in [-0.2, 0) is 12.8 Å². The summed E-state index contributed by atoms with van der Waals surface area (Å²) >= 11 is 6.26. The van der Waals surface area contributed by atoms with Gasteiger partial charge in [0.1, 0.15) is 5.75 Å². The molecule has 0 aliphatic carbocycles. The first-order valence-corrected chi connectivity index (χ1v) is 9.23. The maximum atomic E-state index is 6.26. The second-order valence-corrected chi connectivity index (χ2v) is 6.74. The van der Waals surface area contributed by atoms with E-state index in [2.05, 4.69) is 30.1 Å². The number of unbranched alkanes of at least 4 members (excludes halogenated alkanes) is 1. The number of methoxy groups -OCH3 is 1. The van der Waals surface area contributed by atoms with Crippen molar-refractivity contribution in [1.29, 1.82) is 0 Å². The molecule has 0 fully saturated rings. The fourth-order valence-corrected chi connectivity index (χ4v) is 3.50. The molecule has 0 atom stereocenters. The minimum absolute atomic E-state index is 0.705. The Hall–Kier alpha value is -1.97. The van der Waals surface area contributed by atoms with E-state index in [4.69, 9.17) is 22.1 Å². The van der Waals surface area contributed by atoms with E-state index in [9.17, 15) is 0 Å². The van der Waals surface area contributed by atoms with Gasteiger partial charge in [-0.25, -0.2) is 0 Å². The number of aromatic amines is 1. The highest BCUT2D eigenvalue weighted by Gasteiger charge is 2.17. The van der Waals surface area contributed by atoms with Crippen LogP contribution in [0.5, 0.6) is 5.75 Å². The molecular formula is C21H25ClN2O. The van der Waals surface area contributed by atoms with E-state index in [1.165, 1.54) is 16.5 Å². The maximum absolute atomic E-state index is 6.26. The number of hydrogen-bond donors (Lipinski definition) is 2. The summed E-state index contributed by atoms with van der Waals surface area (Å²) in [6.45, 7) is 2.90. The van der Waals surface area contributed by atoms with Crippen molar-refractivity contribution < 1.29 is 4.74 Å². The fourth-order valence-electron chi connectivity index (χ4n) is 3.33. The predicted molar refractivity (Wildman–Crippen MR) is 107 cm³/mol. The largest absolute Gasteiger partial charge is 0.496 e. The first kappa shape index (κ1) is 17.8. The zero-order chi connectivity index (χ0) is 17.8. The van der Waals surface area contributed by atoms with Crippen LogP contribution in [0.4, 0.5) is 0 Å². The highest BCUT2D eigenvalue weighted by atomic mass is 35.5. The molecule has 25 heavy (non-hydrogen) atoms. The highest BCUT2D eigenvalue weighted by molar-refractivity contribution is 6.31. The monoisotopic (exact) mass is 356 g/mol. The molecule has 0 bridgehead atoms. The summed E-state index contributed by atoms with van der Waals surface area (Å²) in [4.78, 5) is 3.59. The van der Waals surface area contributed by atoms with Gasteiger partial charge >= 0.3 is 0 Å². The molecule has 0 saturated carbocycles. The number of hydrogen-bond acceptors (Lipinski definition) is 2. The molecule has 0 spiro atoms. The third-order valence-electron chi connectivity index (χ3n) is 4.69. The van der Waals surface area contributed by atoms with Crippen LogP contribution in [0.25, 0.3) is 22.2 Å². The number of ether oxygens (including phenoxy) is 1. The van der Waals surface area contributed by atoms with Crippen molar-refractivity contribution in [2.24, 2.45) is 5.73 Å². The molecule has 3 N–H and O–H groups in total. The van der Waals surface area contributed by atoms with Gasteiger partial charge in [0.2, 0.25) is 0 Å². The molecule has 132 valence electrons. The standard InChI is InChI=1S/C21H25ClN2O/c1-3-14-7-9-19-17(12-14)16(6-4-5-11-23)21(24-19)18-13-15(22)8-10-20(18)25-2/h7-10,12-13,24H,3-6,11,23H2,1-2H3. The Bertz CT molecular complexity index is 870. The smallest absolute Gasteiger partial charge is 0.128 e. The average Bonchev–Trinajstić information content (AvgIpc) is 2.99. The van der Waals surface area contributed by atoms with E-state index in [-0.39, 0.29) is 0 Å². The topological polar surface area (TPSA) is 51.0 Å². The normalized spacial score (nSPS) is 11.2. The summed E-state index contributed by atoms with van der Waals surface area (Å²) in [5.74, 6) is 0.826. The molecule has 1 heterocycles. The summed E-state index contributed by atoms with van der Waals surface area (Å²) in [5, 5.41) is 1.99. The van der Waals surface area contributed by atoms with Gasteiger partial charge in [-0.3, -0.25) is 0 Å². The van der Waals surface area contributed by atoms with E-state index >= 15 is 0 Å². The van der Waals surface area contributed by atoms with Crippen LogP contribution in [-0.4, -0.2) is 18.6 Å². The van der Waals surface area contributed by atoms with E-state index in [1.807, 2.05) is 18.2 Å². The molecule has 0 unspecified atom stereocenters. The van der Waals surface area contributed by atoms with Gasteiger partial charge in [0.05, 0.1) is 12.8 Å². The van der Waals surface area contributed by atoms with Crippen molar-refractivity contribution in [2.45, 2.75) is 32.6 Å². The van der Waals surface area contributed by atoms with Crippen molar-refractivity contribution in [2.75, 3.05) is 13.7 Å². The number of fused-ring (bicyclic) bond motifs is 1. The number of nitrogens with two attached hydrogens (primary N) is 1. The molecular weight excluding hydrogens is 332 g/mol. The molecule has 0 amide bonds. The number of nitrogens with one attached hydrogen (secondary N) is 1. The van der Waals surface area contributed by atoms with Gasteiger partial charge in [0.15, 0.2) is 0 Å². The third-order valence-corrected chi connectivity index (χ3v) is 4.93. The van der Waals surface area contributed by atoms with E-state index in [1.54, 1.807) is 7.11 Å². The van der Waals surface area contributed by atoms with E-state index in [0.29, 0.717) is 5.02 Å². The quantitative estimate of drug-likeness (QED) is 0.561. The number of aryl methyl sites for hydroxylation is 2. The summed E-state index contributed by atoms with van der Waals surface area (Å²) in [6, 6.07) is 12.4. The second kappa shape index (κ2) is 7.94. The lowest BCUT2D eigenvalue weighted by atomic mass is 9.98. The van der Waals surface area contributed by atoms with Crippen LogP contribution >= 0.6 is 11.6 Å². The highest BCUT2D eigenvalue weighted by Crippen LogP contribution is 2.38. The third kappa shape index (κ3) is 3.68. The lowest BCUT2D eigenvalue weighted by Gasteiger charge is -2.10. The zero-order valence-corrected chi connectivity index (χ0v) is 15.6. The number of H-pyrrole nitrogens is 1. The zero-order valence-electron chi connectivity index (χ0n) is 14.9. The van der Waals surface area contributed by atoms with E-state index in [0.717, 1.165) is 54.8 Å². The lowest BCUT2D eigenvalue weighted by Crippen LogP contribution is -1.99. The summed E-state index contributed by atoms with van der Waals surface area (Å²) in [6.07, 6.45) is 4.09. The average molecular weight is 357 g/mol. The van der Waals surface area contributed by atoms with Gasteiger partial charge in [-0.05, 0) is 73.7 Å². The molecule has 0 aliphatic heterocycles. The molecule has 3 rings (SSSR count). The van der Waals surface area contributed by atoms with Gasteiger partial charge in [-0.15, -0.1) is 0 Å². The first-order valence-electron chi connectivity index (χ1n) is 8.85. The van der Waals surface area contributed by atoms with Crippen LogP contribution in [0, 0.1) is 0 Å². The van der Waals surface area contributed by atoms with Gasteiger partial charge in [-0.2, -0.15) is 0 Å². The van der Waals surface area contributed by atoms with Crippen LogP contribution in [0.3, 0.4) is 0 Å². The van der Waals surface area contributed by atoms with Crippen molar-refractivity contribution in [3.63, 3.8) is 0 Å². The number of rotatable bonds is 7. The van der Waals surface area contributed by atoms with E-state index < -0.39 is 0 Å². The minimum Gasteiger partial charge on any atom is -0.496 e. The van der Waals surface area contributed by atoms with Gasteiger partial charge in [-0.1, -0.05) is 24.6 Å². The Kier molecular flexibility index (Phi) is 5.67. The molecule has 0 radical (unpaired) electrons. The molecule has 3 nitrogen and oxygen atoms in total. The maximum Gasteiger partial charge on any atom is 0.128 e. The number of benzene rings is 2. The van der Waals surface area contributed by atoms with Crippen molar-refractivity contribution in [3.05, 3.63) is 52.5 Å².